The lowest BCUT2D eigenvalue weighted by Gasteiger charge is -2.47. The minimum absolute atomic E-state index is 0.806. The molecule has 0 N–H and O–H groups in total. The maximum Gasteiger partial charge on any atom is 0.0748 e. The number of hydrogen-bond acceptors (Lipinski definition) is 2. The molecule has 0 aliphatic carbocycles. The second-order valence-electron chi connectivity index (χ2n) is 27.6. The van der Waals surface area contributed by atoms with Crippen LogP contribution in [0, 0.1) is 0 Å². The summed E-state index contributed by atoms with van der Waals surface area (Å²) in [6.45, 7) is 0. The third kappa shape index (κ3) is 9.15. The van der Waals surface area contributed by atoms with Gasteiger partial charge >= 0.3 is 0 Å². The van der Waals surface area contributed by atoms with Crippen molar-refractivity contribution in [2.75, 3.05) is 9.80 Å². The summed E-state index contributed by atoms with van der Waals surface area (Å²) in [7, 11) is 0. The van der Waals surface area contributed by atoms with E-state index in [1.165, 1.54) is 99.4 Å². The molecule has 104 heavy (non-hydrogen) atoms. The number of anilines is 6. The Kier molecular flexibility index (Phi) is 14.4. The molecule has 0 fully saturated rings. The maximum absolute atomic E-state index is 2.59. The monoisotopic (exact) mass is 1320 g/mol. The zero-order valence-electron chi connectivity index (χ0n) is 57.2. The van der Waals surface area contributed by atoms with Crippen LogP contribution in [-0.2, 0) is 10.8 Å². The molecule has 0 bridgehead atoms. The predicted octanol–water partition coefficient (Wildman–Crippen LogP) is 27.0. The molecule has 0 aromatic heterocycles. The second-order valence-corrected chi connectivity index (χ2v) is 27.6. The van der Waals surface area contributed by atoms with E-state index in [1.54, 1.807) is 0 Å². The number of hydrogen-bond donors (Lipinski definition) is 0. The zero-order valence-corrected chi connectivity index (χ0v) is 57.2. The number of benzene rings is 18. The van der Waals surface area contributed by atoms with E-state index in [0.717, 1.165) is 77.9 Å². The quantitative estimate of drug-likeness (QED) is 0.119. The summed E-state index contributed by atoms with van der Waals surface area (Å²) in [4.78, 5) is 5.03. The van der Waals surface area contributed by atoms with Gasteiger partial charge in [-0.05, 0) is 193 Å². The van der Waals surface area contributed by atoms with E-state index in [2.05, 4.69) is 422 Å². The normalized spacial score (nSPS) is 13.3. The SMILES string of the molecule is c1ccc(-c2cccc3c(-c4c5cccc(-c6cccc7c6C(c6ccccc6)(c6ccccc6)c6ccccc6N7c6ccccc6)c5cc5c(-c6cccc7c6C(c6ccccc6)(c6ccccc6)c6ccccc6N7c6ccccc6)cccc45)c4cccc(-c5ccccc5)c4cc23)cc1. The van der Waals surface area contributed by atoms with E-state index >= 15 is 0 Å². The van der Waals surface area contributed by atoms with E-state index in [9.17, 15) is 0 Å². The number of para-hydroxylation sites is 4. The number of nitrogens with zero attached hydrogens (tertiary/aromatic N) is 2. The first-order chi connectivity index (χ1) is 51.7. The average molecular weight is 1320 g/mol. The molecule has 0 amide bonds. The molecule has 18 aromatic rings. The molecular weight excluding hydrogens is 1250 g/mol. The highest BCUT2D eigenvalue weighted by atomic mass is 15.2. The molecule has 20 rings (SSSR count). The van der Waals surface area contributed by atoms with E-state index < -0.39 is 10.8 Å². The summed E-state index contributed by atoms with van der Waals surface area (Å²) in [6.07, 6.45) is 0. The molecule has 2 heterocycles. The number of fused-ring (bicyclic) bond motifs is 8. The van der Waals surface area contributed by atoms with Gasteiger partial charge < -0.3 is 9.80 Å². The van der Waals surface area contributed by atoms with Crippen LogP contribution < -0.4 is 9.80 Å². The first-order valence-corrected chi connectivity index (χ1v) is 36.2. The van der Waals surface area contributed by atoms with Crippen LogP contribution in [0.1, 0.15) is 44.5 Å². The molecule has 486 valence electrons. The van der Waals surface area contributed by atoms with E-state index in [4.69, 9.17) is 0 Å². The van der Waals surface area contributed by atoms with Crippen molar-refractivity contribution in [2.45, 2.75) is 10.8 Å². The fourth-order valence-electron chi connectivity index (χ4n) is 18.3. The van der Waals surface area contributed by atoms with Crippen LogP contribution in [0.3, 0.4) is 0 Å². The van der Waals surface area contributed by atoms with Gasteiger partial charge in [-0.1, -0.05) is 352 Å². The Hall–Kier alpha value is -13.4. The van der Waals surface area contributed by atoms with Gasteiger partial charge in [0.05, 0.1) is 33.6 Å². The average Bonchev–Trinajstić information content (AvgIpc) is 0.693. The van der Waals surface area contributed by atoms with Crippen molar-refractivity contribution >= 4 is 77.2 Å². The molecule has 0 radical (unpaired) electrons. The Balaban J connectivity index is 0.986. The van der Waals surface area contributed by atoms with Crippen LogP contribution in [0.15, 0.2) is 413 Å². The van der Waals surface area contributed by atoms with Gasteiger partial charge in [0.25, 0.3) is 0 Å². The lowest BCUT2D eigenvalue weighted by molar-refractivity contribution is 0.733. The van der Waals surface area contributed by atoms with E-state index in [-0.39, 0.29) is 0 Å². The van der Waals surface area contributed by atoms with Crippen LogP contribution in [0.25, 0.3) is 98.7 Å². The summed E-state index contributed by atoms with van der Waals surface area (Å²) in [6, 6.07) is 155. The minimum Gasteiger partial charge on any atom is -0.310 e. The van der Waals surface area contributed by atoms with Gasteiger partial charge in [-0.3, -0.25) is 0 Å². The minimum atomic E-state index is -0.806. The van der Waals surface area contributed by atoms with Gasteiger partial charge in [0.2, 0.25) is 0 Å². The summed E-state index contributed by atoms with van der Waals surface area (Å²) < 4.78 is 0. The molecule has 18 aromatic carbocycles. The Morgan fingerprint density at radius 1 is 0.173 bits per heavy atom. The van der Waals surface area contributed by atoms with Crippen LogP contribution >= 0.6 is 0 Å². The van der Waals surface area contributed by atoms with Crippen molar-refractivity contribution in [3.05, 3.63) is 457 Å². The Morgan fingerprint density at radius 2 is 0.423 bits per heavy atom. The summed E-state index contributed by atoms with van der Waals surface area (Å²) >= 11 is 0. The Labute approximate surface area is 606 Å². The fourth-order valence-corrected chi connectivity index (χ4v) is 18.3. The highest BCUT2D eigenvalue weighted by Crippen LogP contribution is 2.63. The molecule has 0 unspecified atom stereocenters. The molecule has 0 spiro atoms. The van der Waals surface area contributed by atoms with Crippen LogP contribution in [-0.4, -0.2) is 0 Å². The molecule has 0 saturated heterocycles. The standard InChI is InChI=1S/C102H68N2/c1-9-35-69(36-10-1)77-51-29-55-81-87(77)67-88-78(70-37-11-2-12-38-70)52-30-56-82(88)97(81)98-83-57-31-53-79(85-59-33-65-95-99(85)101(71-39-13-3-14-40-71,72-41-15-4-16-42-72)91-61-25-27-63-93(91)103(95)75-47-21-7-22-48-75)89(83)68-90-80(54-32-58-84(90)98)86-60-34-66-96-100(86)102(73-43-17-5-18-44-73,74-45-19-6-20-46-74)92-62-26-28-64-94(92)104(96)76-49-23-8-24-50-76/h1-68H. The Bertz CT molecular complexity index is 5860. The van der Waals surface area contributed by atoms with Gasteiger partial charge in [-0.15, -0.1) is 0 Å². The molecule has 2 heteroatoms. The van der Waals surface area contributed by atoms with Crippen molar-refractivity contribution in [1.29, 1.82) is 0 Å². The van der Waals surface area contributed by atoms with Crippen LogP contribution in [0.5, 0.6) is 0 Å². The topological polar surface area (TPSA) is 6.48 Å². The first-order valence-electron chi connectivity index (χ1n) is 36.2. The van der Waals surface area contributed by atoms with Crippen molar-refractivity contribution < 1.29 is 0 Å². The third-order valence-electron chi connectivity index (χ3n) is 22.3. The number of rotatable bonds is 11. The van der Waals surface area contributed by atoms with E-state index in [0.29, 0.717) is 0 Å². The van der Waals surface area contributed by atoms with Crippen molar-refractivity contribution in [2.24, 2.45) is 0 Å². The first kappa shape index (κ1) is 60.6. The highest BCUT2D eigenvalue weighted by molar-refractivity contribution is 6.28. The molecule has 2 nitrogen and oxygen atoms in total. The van der Waals surface area contributed by atoms with E-state index in [1.807, 2.05) is 0 Å². The Morgan fingerprint density at radius 3 is 0.760 bits per heavy atom. The second kappa shape index (κ2) is 24.7. The highest BCUT2D eigenvalue weighted by Gasteiger charge is 2.50. The molecule has 0 saturated carbocycles. The molecule has 2 aliphatic heterocycles. The van der Waals surface area contributed by atoms with Gasteiger partial charge in [0.1, 0.15) is 0 Å². The van der Waals surface area contributed by atoms with Crippen molar-refractivity contribution in [3.8, 4) is 55.6 Å². The fraction of sp³-hybridized carbons (Fsp3) is 0.0196. The maximum atomic E-state index is 2.59. The lowest BCUT2D eigenvalue weighted by Crippen LogP contribution is -2.38. The summed E-state index contributed by atoms with van der Waals surface area (Å²) in [5.41, 5.74) is 26.4. The van der Waals surface area contributed by atoms with Gasteiger partial charge in [-0.25, -0.2) is 0 Å². The van der Waals surface area contributed by atoms with Crippen molar-refractivity contribution in [1.82, 2.24) is 0 Å². The molecule has 0 atom stereocenters. The summed E-state index contributed by atoms with van der Waals surface area (Å²) in [5, 5.41) is 9.40. The summed E-state index contributed by atoms with van der Waals surface area (Å²) in [5.74, 6) is 0. The lowest BCUT2D eigenvalue weighted by atomic mass is 9.60. The van der Waals surface area contributed by atoms with Crippen LogP contribution in [0.2, 0.25) is 0 Å². The van der Waals surface area contributed by atoms with Crippen molar-refractivity contribution in [3.63, 3.8) is 0 Å². The van der Waals surface area contributed by atoms with Gasteiger partial charge in [-0.2, -0.15) is 0 Å². The van der Waals surface area contributed by atoms with Gasteiger partial charge in [0.15, 0.2) is 0 Å². The smallest absolute Gasteiger partial charge is 0.0748 e. The zero-order chi connectivity index (χ0) is 68.7. The van der Waals surface area contributed by atoms with Crippen LogP contribution in [0.4, 0.5) is 34.1 Å². The third-order valence-corrected chi connectivity index (χ3v) is 22.3. The molecular formula is C102H68N2. The largest absolute Gasteiger partial charge is 0.310 e. The van der Waals surface area contributed by atoms with Gasteiger partial charge in [0, 0.05) is 22.5 Å². The molecule has 2 aliphatic rings. The predicted molar refractivity (Wildman–Crippen MR) is 437 cm³/mol.